The molecule has 12 heavy (non-hydrogen) atoms. The van der Waals surface area contributed by atoms with Crippen molar-refractivity contribution in [3.05, 3.63) is 0 Å². The third-order valence-corrected chi connectivity index (χ3v) is 3.17. The first-order valence-electron chi connectivity index (χ1n) is 4.82. The Bertz CT molecular complexity index is 193. The molecule has 2 rings (SSSR count). The van der Waals surface area contributed by atoms with Gasteiger partial charge in [0.25, 0.3) is 0 Å². The molecule has 0 spiro atoms. The number of carbonyl (C=O) groups excluding carboxylic acids is 1. The van der Waals surface area contributed by atoms with Gasteiger partial charge in [-0.05, 0) is 31.6 Å². The highest BCUT2D eigenvalue weighted by Crippen LogP contribution is 2.29. The maximum Gasteiger partial charge on any atom is 0.220 e. The summed E-state index contributed by atoms with van der Waals surface area (Å²) in [6.07, 6.45) is 5.11. The van der Waals surface area contributed by atoms with Gasteiger partial charge in [0, 0.05) is 18.5 Å². The van der Waals surface area contributed by atoms with Crippen LogP contribution in [0.4, 0.5) is 0 Å². The number of hydrogen-bond acceptors (Lipinski definition) is 2. The number of piperidine rings is 1. The fraction of sp³-hybridized carbons (Fsp3) is 0.889. The van der Waals surface area contributed by atoms with Crippen LogP contribution in [0.2, 0.25) is 0 Å². The van der Waals surface area contributed by atoms with Crippen molar-refractivity contribution in [1.29, 1.82) is 0 Å². The number of fused-ring (bicyclic) bond motifs is 1. The first-order valence-corrected chi connectivity index (χ1v) is 4.82. The van der Waals surface area contributed by atoms with E-state index in [-0.39, 0.29) is 5.91 Å². The Morgan fingerprint density at radius 3 is 3.00 bits per heavy atom. The minimum Gasteiger partial charge on any atom is -0.353 e. The van der Waals surface area contributed by atoms with Crippen LogP contribution in [0.1, 0.15) is 32.1 Å². The van der Waals surface area contributed by atoms with Crippen LogP contribution in [-0.2, 0) is 4.79 Å². The highest BCUT2D eigenvalue weighted by atomic mass is 16.1. The Morgan fingerprint density at radius 2 is 2.17 bits per heavy atom. The van der Waals surface area contributed by atoms with Gasteiger partial charge in [0.1, 0.15) is 0 Å². The topological polar surface area (TPSA) is 55.1 Å². The van der Waals surface area contributed by atoms with E-state index in [1.165, 1.54) is 6.42 Å². The molecule has 1 saturated carbocycles. The summed E-state index contributed by atoms with van der Waals surface area (Å²) in [5.74, 6) is 0.766. The predicted octanol–water partition coefficient (Wildman–Crippen LogP) is 0.392. The normalized spacial score (nSPS) is 41.8. The molecule has 68 valence electrons. The number of carbonyl (C=O) groups is 1. The maximum absolute atomic E-state index is 11.1. The molecule has 3 heteroatoms. The van der Waals surface area contributed by atoms with Crippen molar-refractivity contribution in [2.75, 3.05) is 0 Å². The van der Waals surface area contributed by atoms with Crippen LogP contribution in [0.5, 0.6) is 0 Å². The number of amides is 1. The van der Waals surface area contributed by atoms with E-state index in [9.17, 15) is 4.79 Å². The fourth-order valence-electron chi connectivity index (χ4n) is 2.47. The largest absolute Gasteiger partial charge is 0.353 e. The van der Waals surface area contributed by atoms with Gasteiger partial charge in [-0.2, -0.15) is 0 Å². The van der Waals surface area contributed by atoms with E-state index in [0.717, 1.165) is 19.3 Å². The molecule has 1 amide bonds. The van der Waals surface area contributed by atoms with Crippen molar-refractivity contribution < 1.29 is 4.79 Å². The van der Waals surface area contributed by atoms with Crippen LogP contribution in [0.25, 0.3) is 0 Å². The van der Waals surface area contributed by atoms with Crippen LogP contribution in [0.15, 0.2) is 0 Å². The molecule has 2 fully saturated rings. The van der Waals surface area contributed by atoms with Gasteiger partial charge in [-0.3, -0.25) is 4.79 Å². The summed E-state index contributed by atoms with van der Waals surface area (Å²) < 4.78 is 0. The van der Waals surface area contributed by atoms with E-state index in [1.807, 2.05) is 0 Å². The van der Waals surface area contributed by atoms with Crippen LogP contribution >= 0.6 is 0 Å². The van der Waals surface area contributed by atoms with Gasteiger partial charge >= 0.3 is 0 Å². The Morgan fingerprint density at radius 1 is 1.33 bits per heavy atom. The summed E-state index contributed by atoms with van der Waals surface area (Å²) in [5, 5.41) is 3.03. The molecule has 2 aliphatic rings. The maximum atomic E-state index is 11.1. The number of rotatable bonds is 0. The molecule has 0 aromatic carbocycles. The van der Waals surface area contributed by atoms with E-state index in [4.69, 9.17) is 5.73 Å². The average molecular weight is 168 g/mol. The third kappa shape index (κ3) is 1.33. The van der Waals surface area contributed by atoms with Gasteiger partial charge in [-0.15, -0.1) is 0 Å². The monoisotopic (exact) mass is 168 g/mol. The van der Waals surface area contributed by atoms with E-state index in [0.29, 0.717) is 24.4 Å². The Balaban J connectivity index is 2.04. The van der Waals surface area contributed by atoms with E-state index < -0.39 is 0 Å². The smallest absolute Gasteiger partial charge is 0.220 e. The molecule has 3 N–H and O–H groups in total. The predicted molar refractivity (Wildman–Crippen MR) is 46.5 cm³/mol. The second-order valence-corrected chi connectivity index (χ2v) is 3.97. The molecule has 0 aromatic rings. The van der Waals surface area contributed by atoms with Crippen molar-refractivity contribution >= 4 is 5.91 Å². The van der Waals surface area contributed by atoms with Crippen LogP contribution in [0, 0.1) is 5.92 Å². The summed E-state index contributed by atoms with van der Waals surface area (Å²) >= 11 is 0. The van der Waals surface area contributed by atoms with Crippen molar-refractivity contribution in [3.63, 3.8) is 0 Å². The van der Waals surface area contributed by atoms with Crippen LogP contribution in [0.3, 0.4) is 0 Å². The molecular weight excluding hydrogens is 152 g/mol. The molecule has 1 aliphatic carbocycles. The molecule has 0 aromatic heterocycles. The molecule has 1 aliphatic heterocycles. The summed E-state index contributed by atoms with van der Waals surface area (Å²) in [6, 6.07) is 0.708. The average Bonchev–Trinajstić information content (AvgIpc) is 2.04. The highest BCUT2D eigenvalue weighted by molar-refractivity contribution is 5.77. The van der Waals surface area contributed by atoms with Gasteiger partial charge in [-0.25, -0.2) is 0 Å². The number of nitrogens with one attached hydrogen (secondary N) is 1. The molecular formula is C9H16N2O. The summed E-state index contributed by atoms with van der Waals surface area (Å²) in [7, 11) is 0. The van der Waals surface area contributed by atoms with E-state index in [1.54, 1.807) is 0 Å². The molecule has 0 unspecified atom stereocenters. The molecule has 1 heterocycles. The highest BCUT2D eigenvalue weighted by Gasteiger charge is 2.35. The Hall–Kier alpha value is -0.570. The summed E-state index contributed by atoms with van der Waals surface area (Å²) in [4.78, 5) is 11.1. The lowest BCUT2D eigenvalue weighted by Gasteiger charge is -2.39. The zero-order valence-corrected chi connectivity index (χ0v) is 7.25. The van der Waals surface area contributed by atoms with Crippen LogP contribution < -0.4 is 11.1 Å². The molecule has 1 saturated heterocycles. The number of nitrogens with two attached hydrogens (primary N) is 1. The minimum atomic E-state index is 0.213. The quantitative estimate of drug-likeness (QED) is 0.550. The number of hydrogen-bond donors (Lipinski definition) is 2. The van der Waals surface area contributed by atoms with Gasteiger partial charge in [0.2, 0.25) is 5.91 Å². The Kier molecular flexibility index (Phi) is 2.05. The molecule has 0 bridgehead atoms. The summed E-state index contributed by atoms with van der Waals surface area (Å²) in [6.45, 7) is 0. The summed E-state index contributed by atoms with van der Waals surface area (Å²) in [5.41, 5.74) is 5.98. The van der Waals surface area contributed by atoms with Crippen molar-refractivity contribution in [2.45, 2.75) is 44.2 Å². The van der Waals surface area contributed by atoms with Gasteiger partial charge < -0.3 is 11.1 Å². The minimum absolute atomic E-state index is 0.213. The molecule has 0 radical (unpaired) electrons. The van der Waals surface area contributed by atoms with Crippen molar-refractivity contribution in [1.82, 2.24) is 5.32 Å². The van der Waals surface area contributed by atoms with Gasteiger partial charge in [0.05, 0.1) is 0 Å². The van der Waals surface area contributed by atoms with Gasteiger partial charge in [0.15, 0.2) is 0 Å². The second kappa shape index (κ2) is 3.05. The van der Waals surface area contributed by atoms with Crippen molar-refractivity contribution in [3.8, 4) is 0 Å². The third-order valence-electron chi connectivity index (χ3n) is 3.17. The molecule has 3 atom stereocenters. The zero-order chi connectivity index (χ0) is 8.55. The van der Waals surface area contributed by atoms with Gasteiger partial charge in [-0.1, -0.05) is 0 Å². The zero-order valence-electron chi connectivity index (χ0n) is 7.25. The standard InChI is InChI=1S/C9H16N2O/c10-7-2-1-3-8-6(7)4-5-9(12)11-8/h6-8H,1-5,10H2,(H,11,12)/t6-,7+,8-/m0/s1. The lowest BCUT2D eigenvalue weighted by Crippen LogP contribution is -2.53. The lowest BCUT2D eigenvalue weighted by atomic mass is 9.76. The van der Waals surface area contributed by atoms with Crippen LogP contribution in [-0.4, -0.2) is 18.0 Å². The SMILES string of the molecule is N[C@@H]1CCC[C@@H]2NC(=O)CC[C@@H]12. The fourth-order valence-corrected chi connectivity index (χ4v) is 2.47. The first-order chi connectivity index (χ1) is 5.77. The Labute approximate surface area is 72.7 Å². The van der Waals surface area contributed by atoms with E-state index >= 15 is 0 Å². The van der Waals surface area contributed by atoms with Crippen molar-refractivity contribution in [2.24, 2.45) is 11.7 Å². The lowest BCUT2D eigenvalue weighted by molar-refractivity contribution is -0.125. The second-order valence-electron chi connectivity index (χ2n) is 3.97. The first kappa shape index (κ1) is 8.05. The van der Waals surface area contributed by atoms with E-state index in [2.05, 4.69) is 5.32 Å². The molecule has 3 nitrogen and oxygen atoms in total.